The molecule has 1 aromatic carbocycles. The van der Waals surface area contributed by atoms with Gasteiger partial charge >= 0.3 is 0 Å². The van der Waals surface area contributed by atoms with Crippen molar-refractivity contribution in [1.29, 1.82) is 0 Å². The Kier molecular flexibility index (Phi) is 3.99. The second-order valence-corrected chi connectivity index (χ2v) is 4.36. The van der Waals surface area contributed by atoms with Gasteiger partial charge in [0.2, 0.25) is 5.89 Å². The second kappa shape index (κ2) is 5.69. The summed E-state index contributed by atoms with van der Waals surface area (Å²) < 4.78 is 10.6. The smallest absolute Gasteiger partial charge is 0.226 e. The average molecular weight is 246 g/mol. The third-order valence-corrected chi connectivity index (χ3v) is 2.56. The van der Waals surface area contributed by atoms with Gasteiger partial charge in [-0.05, 0) is 32.0 Å². The molecule has 2 aromatic rings. The zero-order chi connectivity index (χ0) is 13.0. The number of oxazole rings is 1. The van der Waals surface area contributed by atoms with Crippen molar-refractivity contribution in [2.75, 3.05) is 19.0 Å². The van der Waals surface area contributed by atoms with Crippen molar-refractivity contribution in [2.24, 2.45) is 0 Å². The van der Waals surface area contributed by atoms with Gasteiger partial charge in [0.1, 0.15) is 5.76 Å². The molecule has 2 rings (SSSR count). The predicted octanol–water partition coefficient (Wildman–Crippen LogP) is 3.10. The molecule has 96 valence electrons. The van der Waals surface area contributed by atoms with Crippen molar-refractivity contribution in [3.63, 3.8) is 0 Å². The molecule has 0 saturated heterocycles. The molecule has 1 heterocycles. The van der Waals surface area contributed by atoms with Gasteiger partial charge in [-0.25, -0.2) is 4.98 Å². The summed E-state index contributed by atoms with van der Waals surface area (Å²) in [5.74, 6) is 1.46. The lowest BCUT2D eigenvalue weighted by Gasteiger charge is -2.14. The average Bonchev–Trinajstić information content (AvgIpc) is 2.76. The minimum atomic E-state index is 0.261. The van der Waals surface area contributed by atoms with E-state index in [-0.39, 0.29) is 6.04 Å². The second-order valence-electron chi connectivity index (χ2n) is 4.36. The molecule has 0 amide bonds. The van der Waals surface area contributed by atoms with Gasteiger partial charge < -0.3 is 14.5 Å². The Morgan fingerprint density at radius 3 is 2.94 bits per heavy atom. The largest absolute Gasteiger partial charge is 0.441 e. The lowest BCUT2D eigenvalue weighted by Crippen LogP contribution is -2.20. The van der Waals surface area contributed by atoms with Crippen LogP contribution in [0.25, 0.3) is 11.5 Å². The number of nitrogens with zero attached hydrogens (tertiary/aromatic N) is 1. The third kappa shape index (κ3) is 3.11. The Bertz CT molecular complexity index is 508. The maximum atomic E-state index is 5.51. The molecule has 4 heteroatoms. The molecule has 18 heavy (non-hydrogen) atoms. The van der Waals surface area contributed by atoms with Crippen LogP contribution in [0.5, 0.6) is 0 Å². The Morgan fingerprint density at radius 1 is 1.44 bits per heavy atom. The molecule has 0 aliphatic rings. The standard InChI is InChI=1S/C14H18N2O2/c1-10(9-17-3)16-13-6-4-5-12(7-13)14-15-8-11(2)18-14/h4-8,10,16H,9H2,1-3H3/t10-/m0/s1. The maximum Gasteiger partial charge on any atom is 0.226 e. The molecule has 4 nitrogen and oxygen atoms in total. The SMILES string of the molecule is COC[C@H](C)Nc1cccc(-c2ncc(C)o2)c1. The van der Waals surface area contributed by atoms with Gasteiger partial charge in [0.15, 0.2) is 0 Å². The summed E-state index contributed by atoms with van der Waals surface area (Å²) in [6.07, 6.45) is 1.73. The normalized spacial score (nSPS) is 12.4. The summed E-state index contributed by atoms with van der Waals surface area (Å²) in [6, 6.07) is 8.27. The fourth-order valence-corrected chi connectivity index (χ4v) is 1.81. The summed E-state index contributed by atoms with van der Waals surface area (Å²) in [5.41, 5.74) is 2.01. The topological polar surface area (TPSA) is 47.3 Å². The third-order valence-electron chi connectivity index (χ3n) is 2.56. The molecule has 0 aliphatic carbocycles. The van der Waals surface area contributed by atoms with Crippen LogP contribution in [0, 0.1) is 6.92 Å². The van der Waals surface area contributed by atoms with E-state index < -0.39 is 0 Å². The predicted molar refractivity (Wildman–Crippen MR) is 71.6 cm³/mol. The first-order valence-corrected chi connectivity index (χ1v) is 5.97. The van der Waals surface area contributed by atoms with Crippen LogP contribution in [0.3, 0.4) is 0 Å². The molecule has 0 aliphatic heterocycles. The fraction of sp³-hybridized carbons (Fsp3) is 0.357. The van der Waals surface area contributed by atoms with Crippen molar-refractivity contribution >= 4 is 5.69 Å². The number of nitrogens with one attached hydrogen (secondary N) is 1. The number of benzene rings is 1. The molecule has 1 aromatic heterocycles. The van der Waals surface area contributed by atoms with E-state index in [1.165, 1.54) is 0 Å². The highest BCUT2D eigenvalue weighted by atomic mass is 16.5. The first kappa shape index (κ1) is 12.6. The first-order chi connectivity index (χ1) is 8.69. The Hall–Kier alpha value is -1.81. The molecule has 0 radical (unpaired) electrons. The highest BCUT2D eigenvalue weighted by Crippen LogP contribution is 2.22. The van der Waals surface area contributed by atoms with E-state index in [4.69, 9.17) is 9.15 Å². The monoisotopic (exact) mass is 246 g/mol. The summed E-state index contributed by atoms with van der Waals surface area (Å²) in [7, 11) is 1.70. The molecule has 1 atom stereocenters. The summed E-state index contributed by atoms with van der Waals surface area (Å²) in [5, 5.41) is 3.37. The number of hydrogen-bond donors (Lipinski definition) is 1. The van der Waals surface area contributed by atoms with E-state index in [0.717, 1.165) is 17.0 Å². The van der Waals surface area contributed by atoms with E-state index in [2.05, 4.69) is 17.2 Å². The molecule has 0 saturated carbocycles. The quantitative estimate of drug-likeness (QED) is 0.880. The van der Waals surface area contributed by atoms with E-state index in [1.54, 1.807) is 13.3 Å². The zero-order valence-electron chi connectivity index (χ0n) is 10.9. The van der Waals surface area contributed by atoms with Gasteiger partial charge in [0.25, 0.3) is 0 Å². The fourth-order valence-electron chi connectivity index (χ4n) is 1.81. The van der Waals surface area contributed by atoms with Crippen LogP contribution in [-0.2, 0) is 4.74 Å². The van der Waals surface area contributed by atoms with Crippen molar-refractivity contribution in [2.45, 2.75) is 19.9 Å². The van der Waals surface area contributed by atoms with Crippen molar-refractivity contribution < 1.29 is 9.15 Å². The number of aromatic nitrogens is 1. The Labute approximate surface area is 107 Å². The van der Waals surface area contributed by atoms with Crippen LogP contribution in [0.2, 0.25) is 0 Å². The molecule has 0 spiro atoms. The van der Waals surface area contributed by atoms with E-state index in [0.29, 0.717) is 12.5 Å². The summed E-state index contributed by atoms with van der Waals surface area (Å²) in [6.45, 7) is 4.63. The zero-order valence-corrected chi connectivity index (χ0v) is 10.9. The molecular weight excluding hydrogens is 228 g/mol. The molecule has 1 N–H and O–H groups in total. The van der Waals surface area contributed by atoms with Gasteiger partial charge in [0.05, 0.1) is 12.8 Å². The van der Waals surface area contributed by atoms with Crippen molar-refractivity contribution in [1.82, 2.24) is 4.98 Å². The van der Waals surface area contributed by atoms with Crippen molar-refractivity contribution in [3.05, 3.63) is 36.2 Å². The van der Waals surface area contributed by atoms with E-state index in [1.807, 2.05) is 31.2 Å². The summed E-state index contributed by atoms with van der Waals surface area (Å²) >= 11 is 0. The lowest BCUT2D eigenvalue weighted by atomic mass is 10.2. The number of hydrogen-bond acceptors (Lipinski definition) is 4. The van der Waals surface area contributed by atoms with Crippen LogP contribution in [-0.4, -0.2) is 24.7 Å². The highest BCUT2D eigenvalue weighted by molar-refractivity contribution is 5.61. The van der Waals surface area contributed by atoms with Gasteiger partial charge in [0, 0.05) is 24.4 Å². The number of anilines is 1. The first-order valence-electron chi connectivity index (χ1n) is 5.97. The molecule has 0 unspecified atom stereocenters. The van der Waals surface area contributed by atoms with E-state index >= 15 is 0 Å². The van der Waals surface area contributed by atoms with Crippen molar-refractivity contribution in [3.8, 4) is 11.5 Å². The molecule has 0 fully saturated rings. The van der Waals surface area contributed by atoms with Crippen LogP contribution in [0.1, 0.15) is 12.7 Å². The lowest BCUT2D eigenvalue weighted by molar-refractivity contribution is 0.190. The number of aryl methyl sites for hydroxylation is 1. The van der Waals surface area contributed by atoms with Crippen LogP contribution >= 0.6 is 0 Å². The van der Waals surface area contributed by atoms with Crippen LogP contribution < -0.4 is 5.32 Å². The van der Waals surface area contributed by atoms with Gasteiger partial charge in [-0.3, -0.25) is 0 Å². The molecule has 0 bridgehead atoms. The minimum Gasteiger partial charge on any atom is -0.441 e. The van der Waals surface area contributed by atoms with Crippen LogP contribution in [0.15, 0.2) is 34.9 Å². The molecular formula is C14H18N2O2. The summed E-state index contributed by atoms with van der Waals surface area (Å²) in [4.78, 5) is 4.22. The highest BCUT2D eigenvalue weighted by Gasteiger charge is 2.06. The minimum absolute atomic E-state index is 0.261. The van der Waals surface area contributed by atoms with Gasteiger partial charge in [-0.1, -0.05) is 6.07 Å². The van der Waals surface area contributed by atoms with E-state index in [9.17, 15) is 0 Å². The maximum absolute atomic E-state index is 5.51. The van der Waals surface area contributed by atoms with Crippen LogP contribution in [0.4, 0.5) is 5.69 Å². The van der Waals surface area contributed by atoms with Gasteiger partial charge in [-0.2, -0.15) is 0 Å². The Morgan fingerprint density at radius 2 is 2.28 bits per heavy atom. The number of ether oxygens (including phenoxy) is 1. The number of rotatable bonds is 5. The number of methoxy groups -OCH3 is 1. The Balaban J connectivity index is 2.15. The van der Waals surface area contributed by atoms with Gasteiger partial charge in [-0.15, -0.1) is 0 Å².